The van der Waals surface area contributed by atoms with Gasteiger partial charge >= 0.3 is 0 Å². The lowest BCUT2D eigenvalue weighted by Gasteiger charge is -2.22. The molecular formula is C14H20N2O2. The van der Waals surface area contributed by atoms with Crippen molar-refractivity contribution in [1.82, 2.24) is 10.3 Å². The fraction of sp³-hybridized carbons (Fsp3) is 0.429. The van der Waals surface area contributed by atoms with E-state index in [1.807, 2.05) is 13.1 Å². The van der Waals surface area contributed by atoms with Crippen molar-refractivity contribution in [3.05, 3.63) is 36.0 Å². The van der Waals surface area contributed by atoms with Crippen LogP contribution in [-0.4, -0.2) is 31.5 Å². The molecule has 0 amide bonds. The van der Waals surface area contributed by atoms with Crippen molar-refractivity contribution >= 4 is 10.9 Å². The van der Waals surface area contributed by atoms with E-state index >= 15 is 0 Å². The van der Waals surface area contributed by atoms with Crippen LogP contribution in [0.3, 0.4) is 0 Å². The minimum atomic E-state index is -0.229. The molecule has 0 bridgehead atoms. The molecule has 0 saturated heterocycles. The summed E-state index contributed by atoms with van der Waals surface area (Å²) < 4.78 is 10.5. The predicted octanol–water partition coefficient (Wildman–Crippen LogP) is 2.26. The fourth-order valence-electron chi connectivity index (χ4n) is 2.17. The van der Waals surface area contributed by atoms with Crippen molar-refractivity contribution in [3.63, 3.8) is 0 Å². The largest absolute Gasteiger partial charge is 0.361 e. The summed E-state index contributed by atoms with van der Waals surface area (Å²) in [6, 6.07) is 8.50. The van der Waals surface area contributed by atoms with E-state index in [4.69, 9.17) is 9.47 Å². The molecule has 98 valence electrons. The van der Waals surface area contributed by atoms with Crippen molar-refractivity contribution in [2.24, 2.45) is 0 Å². The van der Waals surface area contributed by atoms with Gasteiger partial charge in [0, 0.05) is 32.5 Å². The minimum absolute atomic E-state index is 0.130. The molecule has 4 nitrogen and oxygen atoms in total. The molecule has 18 heavy (non-hydrogen) atoms. The normalized spacial score (nSPS) is 13.3. The standard InChI is InChI=1S/C14H20N2O2/c1-10(14(17-2)18-3)16-9-12-6-4-5-11-7-8-15-13(11)12/h4-8,10,14-16H,9H2,1-3H3. The number of para-hydroxylation sites is 1. The average Bonchev–Trinajstić information content (AvgIpc) is 2.86. The van der Waals surface area contributed by atoms with Gasteiger partial charge in [-0.1, -0.05) is 18.2 Å². The number of fused-ring (bicyclic) bond motifs is 1. The van der Waals surface area contributed by atoms with Gasteiger partial charge in [-0.3, -0.25) is 0 Å². The zero-order valence-electron chi connectivity index (χ0n) is 11.1. The Labute approximate surface area is 107 Å². The summed E-state index contributed by atoms with van der Waals surface area (Å²) in [5, 5.41) is 4.65. The van der Waals surface area contributed by atoms with Gasteiger partial charge in [0.1, 0.15) is 0 Å². The Morgan fingerprint density at radius 1 is 1.22 bits per heavy atom. The summed E-state index contributed by atoms with van der Waals surface area (Å²) in [4.78, 5) is 3.27. The molecule has 0 saturated carbocycles. The highest BCUT2D eigenvalue weighted by Gasteiger charge is 2.15. The number of ether oxygens (including phenoxy) is 2. The second-order valence-electron chi connectivity index (χ2n) is 4.37. The van der Waals surface area contributed by atoms with Crippen LogP contribution in [0.2, 0.25) is 0 Å². The highest BCUT2D eigenvalue weighted by molar-refractivity contribution is 5.82. The Morgan fingerprint density at radius 2 is 2.00 bits per heavy atom. The van der Waals surface area contributed by atoms with Crippen molar-refractivity contribution < 1.29 is 9.47 Å². The fourth-order valence-corrected chi connectivity index (χ4v) is 2.17. The zero-order valence-corrected chi connectivity index (χ0v) is 11.1. The van der Waals surface area contributed by atoms with Crippen molar-refractivity contribution in [2.45, 2.75) is 25.8 Å². The second kappa shape index (κ2) is 6.00. The number of rotatable bonds is 6. The summed E-state index contributed by atoms with van der Waals surface area (Å²) >= 11 is 0. The number of benzene rings is 1. The number of H-pyrrole nitrogens is 1. The van der Waals surface area contributed by atoms with Crippen LogP contribution < -0.4 is 5.32 Å². The first-order valence-electron chi connectivity index (χ1n) is 6.10. The summed E-state index contributed by atoms with van der Waals surface area (Å²) in [7, 11) is 3.30. The van der Waals surface area contributed by atoms with Crippen molar-refractivity contribution in [2.75, 3.05) is 14.2 Å². The van der Waals surface area contributed by atoms with Crippen LogP contribution in [0.15, 0.2) is 30.5 Å². The van der Waals surface area contributed by atoms with Gasteiger partial charge in [-0.25, -0.2) is 0 Å². The molecule has 0 radical (unpaired) electrons. The van der Waals surface area contributed by atoms with E-state index in [1.54, 1.807) is 14.2 Å². The molecule has 1 aromatic heterocycles. The lowest BCUT2D eigenvalue weighted by atomic mass is 10.1. The molecule has 2 rings (SSSR count). The predicted molar refractivity (Wildman–Crippen MR) is 72.4 cm³/mol. The van der Waals surface area contributed by atoms with Crippen LogP contribution >= 0.6 is 0 Å². The molecule has 1 aromatic carbocycles. The SMILES string of the molecule is COC(OC)C(C)NCc1cccc2cc[nH]c12. The summed E-state index contributed by atoms with van der Waals surface area (Å²) in [6.45, 7) is 2.83. The Hall–Kier alpha value is -1.36. The van der Waals surface area contributed by atoms with E-state index in [1.165, 1.54) is 16.5 Å². The first-order chi connectivity index (χ1) is 8.76. The highest BCUT2D eigenvalue weighted by Crippen LogP contribution is 2.16. The molecule has 4 heteroatoms. The van der Waals surface area contributed by atoms with Crippen molar-refractivity contribution in [3.8, 4) is 0 Å². The molecule has 1 heterocycles. The molecule has 0 fully saturated rings. The summed E-state index contributed by atoms with van der Waals surface area (Å²) in [6.07, 6.45) is 1.73. The lowest BCUT2D eigenvalue weighted by Crippen LogP contribution is -2.39. The van der Waals surface area contributed by atoms with E-state index in [0.29, 0.717) is 0 Å². The minimum Gasteiger partial charge on any atom is -0.361 e. The van der Waals surface area contributed by atoms with Gasteiger partial charge in [0.15, 0.2) is 6.29 Å². The molecule has 1 unspecified atom stereocenters. The molecule has 1 atom stereocenters. The Balaban J connectivity index is 2.04. The number of nitrogens with one attached hydrogen (secondary N) is 2. The van der Waals surface area contributed by atoms with Gasteiger partial charge in [0.2, 0.25) is 0 Å². The monoisotopic (exact) mass is 248 g/mol. The van der Waals surface area contributed by atoms with E-state index in [-0.39, 0.29) is 12.3 Å². The Bertz CT molecular complexity index is 491. The van der Waals surface area contributed by atoms with E-state index in [0.717, 1.165) is 6.54 Å². The molecule has 0 spiro atoms. The van der Waals surface area contributed by atoms with Gasteiger partial charge in [-0.05, 0) is 23.9 Å². The Morgan fingerprint density at radius 3 is 2.72 bits per heavy atom. The number of aromatic amines is 1. The van der Waals surface area contributed by atoms with Crippen LogP contribution in [0.25, 0.3) is 10.9 Å². The molecule has 0 aliphatic heterocycles. The third-order valence-electron chi connectivity index (χ3n) is 3.16. The molecule has 0 aliphatic carbocycles. The van der Waals surface area contributed by atoms with Gasteiger partial charge in [-0.2, -0.15) is 0 Å². The topological polar surface area (TPSA) is 46.3 Å². The van der Waals surface area contributed by atoms with Gasteiger partial charge in [-0.15, -0.1) is 0 Å². The first-order valence-corrected chi connectivity index (χ1v) is 6.10. The molecule has 0 aliphatic rings. The van der Waals surface area contributed by atoms with Crippen LogP contribution in [-0.2, 0) is 16.0 Å². The van der Waals surface area contributed by atoms with Crippen molar-refractivity contribution in [1.29, 1.82) is 0 Å². The summed E-state index contributed by atoms with van der Waals surface area (Å²) in [5.74, 6) is 0. The number of methoxy groups -OCH3 is 2. The maximum atomic E-state index is 5.23. The molecule has 2 aromatic rings. The average molecular weight is 248 g/mol. The third-order valence-corrected chi connectivity index (χ3v) is 3.16. The van der Waals surface area contributed by atoms with Crippen LogP contribution in [0.1, 0.15) is 12.5 Å². The first kappa shape index (κ1) is 13.1. The Kier molecular flexibility index (Phi) is 4.36. The van der Waals surface area contributed by atoms with Gasteiger partial charge in [0.05, 0.1) is 6.04 Å². The second-order valence-corrected chi connectivity index (χ2v) is 4.37. The quantitative estimate of drug-likeness (QED) is 0.771. The highest BCUT2D eigenvalue weighted by atomic mass is 16.7. The van der Waals surface area contributed by atoms with Crippen LogP contribution in [0.4, 0.5) is 0 Å². The summed E-state index contributed by atoms with van der Waals surface area (Å²) in [5.41, 5.74) is 2.43. The number of aromatic nitrogens is 1. The van der Waals surface area contributed by atoms with Gasteiger partial charge in [0.25, 0.3) is 0 Å². The smallest absolute Gasteiger partial charge is 0.171 e. The maximum Gasteiger partial charge on any atom is 0.171 e. The van der Waals surface area contributed by atoms with E-state index in [9.17, 15) is 0 Å². The number of hydrogen-bond donors (Lipinski definition) is 2. The van der Waals surface area contributed by atoms with Gasteiger partial charge < -0.3 is 19.8 Å². The van der Waals surface area contributed by atoms with Crippen LogP contribution in [0, 0.1) is 0 Å². The number of hydrogen-bond acceptors (Lipinski definition) is 3. The zero-order chi connectivity index (χ0) is 13.0. The molecule has 2 N–H and O–H groups in total. The maximum absolute atomic E-state index is 5.23. The van der Waals surface area contributed by atoms with E-state index in [2.05, 4.69) is 34.6 Å². The van der Waals surface area contributed by atoms with E-state index < -0.39 is 0 Å². The lowest BCUT2D eigenvalue weighted by molar-refractivity contribution is -0.119. The molecular weight excluding hydrogens is 228 g/mol. The van der Waals surface area contributed by atoms with Crippen LogP contribution in [0.5, 0.6) is 0 Å². The third kappa shape index (κ3) is 2.72.